The predicted octanol–water partition coefficient (Wildman–Crippen LogP) is 8.36. The van der Waals surface area contributed by atoms with Gasteiger partial charge < -0.3 is 0 Å². The Bertz CT molecular complexity index is 1110. The second-order valence-corrected chi connectivity index (χ2v) is 13.6. The lowest BCUT2D eigenvalue weighted by atomic mass is 9.36. The van der Waals surface area contributed by atoms with E-state index >= 15 is 0 Å². The molecular formula is C35H52O4. The van der Waals surface area contributed by atoms with Gasteiger partial charge in [0, 0.05) is 5.92 Å². The maximum atomic E-state index is 15.0. The van der Waals surface area contributed by atoms with Crippen molar-refractivity contribution in [1.29, 1.82) is 0 Å². The Morgan fingerprint density at radius 3 is 1.79 bits per heavy atom. The van der Waals surface area contributed by atoms with E-state index in [0.29, 0.717) is 25.7 Å². The molecule has 0 spiro atoms. The number of Topliss-reactive ketones (excluding diaryl/α,β-unsaturated/α-hetero) is 4. The summed E-state index contributed by atoms with van der Waals surface area (Å²) in [6, 6.07) is 0. The van der Waals surface area contributed by atoms with E-state index in [0.717, 1.165) is 22.3 Å². The molecule has 0 aromatic heterocycles. The van der Waals surface area contributed by atoms with Crippen molar-refractivity contribution in [3.8, 4) is 0 Å². The van der Waals surface area contributed by atoms with Gasteiger partial charge in [0.25, 0.3) is 0 Å². The Labute approximate surface area is 237 Å². The van der Waals surface area contributed by atoms with Crippen LogP contribution in [0.5, 0.6) is 0 Å². The summed E-state index contributed by atoms with van der Waals surface area (Å²) in [5.41, 5.74) is 0.221. The average Bonchev–Trinajstić information content (AvgIpc) is 2.81. The van der Waals surface area contributed by atoms with Crippen molar-refractivity contribution < 1.29 is 19.2 Å². The molecule has 5 atom stereocenters. The van der Waals surface area contributed by atoms with Crippen LogP contribution < -0.4 is 0 Å². The Balaban J connectivity index is 3.04. The maximum absolute atomic E-state index is 15.0. The van der Waals surface area contributed by atoms with Crippen LogP contribution in [0, 0.1) is 34.0 Å². The first-order valence-electron chi connectivity index (χ1n) is 14.7. The molecule has 39 heavy (non-hydrogen) atoms. The van der Waals surface area contributed by atoms with Crippen molar-refractivity contribution in [3.05, 3.63) is 46.6 Å². The van der Waals surface area contributed by atoms with Crippen molar-refractivity contribution in [2.75, 3.05) is 0 Å². The number of allylic oxidation sites excluding steroid dienone is 8. The molecule has 3 unspecified atom stereocenters. The number of carbonyl (C=O) groups excluding carboxylic acids is 4. The van der Waals surface area contributed by atoms with Crippen LogP contribution in [0.2, 0.25) is 0 Å². The number of carbonyl (C=O) groups is 4. The molecule has 0 aliphatic heterocycles. The molecule has 0 heterocycles. The Morgan fingerprint density at radius 2 is 1.31 bits per heavy atom. The zero-order valence-corrected chi connectivity index (χ0v) is 26.4. The SMILES string of the molecule is CC(C)=CCC[C@]1(C)[C@@H](CC=C(C)C)CC2(CC=C(C)C)C(=O)C(CC=C(C)C)C(=O)C1(C(=O)C(C)C)C2=O. The van der Waals surface area contributed by atoms with Gasteiger partial charge in [0.05, 0.1) is 11.3 Å². The van der Waals surface area contributed by atoms with E-state index < -0.39 is 39.6 Å². The summed E-state index contributed by atoms with van der Waals surface area (Å²) in [5, 5.41) is 0. The van der Waals surface area contributed by atoms with E-state index in [-0.39, 0.29) is 30.3 Å². The molecule has 0 N–H and O–H groups in total. The smallest absolute Gasteiger partial charge is 0.168 e. The summed E-state index contributed by atoms with van der Waals surface area (Å²) in [6.07, 6.45) is 10.8. The van der Waals surface area contributed by atoms with Crippen molar-refractivity contribution in [3.63, 3.8) is 0 Å². The van der Waals surface area contributed by atoms with Gasteiger partial charge in [-0.05, 0) is 105 Å². The van der Waals surface area contributed by atoms with E-state index in [9.17, 15) is 19.2 Å². The fourth-order valence-corrected chi connectivity index (χ4v) is 6.93. The van der Waals surface area contributed by atoms with Gasteiger partial charge in [-0.3, -0.25) is 19.2 Å². The Morgan fingerprint density at radius 1 is 0.795 bits per heavy atom. The van der Waals surface area contributed by atoms with Crippen LogP contribution in [-0.4, -0.2) is 23.1 Å². The highest BCUT2D eigenvalue weighted by molar-refractivity contribution is 6.38. The molecule has 4 nitrogen and oxygen atoms in total. The summed E-state index contributed by atoms with van der Waals surface area (Å²) in [5.74, 6) is -3.14. The number of ketones is 4. The zero-order chi connectivity index (χ0) is 29.9. The number of rotatable bonds is 11. The molecule has 0 aromatic carbocycles. The fraction of sp³-hybridized carbons (Fsp3) is 0.657. The highest BCUT2D eigenvalue weighted by atomic mass is 16.2. The van der Waals surface area contributed by atoms with Crippen LogP contribution in [0.25, 0.3) is 0 Å². The molecule has 2 aliphatic carbocycles. The highest BCUT2D eigenvalue weighted by Crippen LogP contribution is 2.66. The standard InChI is InChI=1S/C35H52O4/c1-22(2)13-12-19-33(11)27(16-14-23(3)4)21-34(20-18-25(7)8)30(37)28(17-15-24(5)6)31(38)35(33,32(34)39)29(36)26(9)10/h13-15,18,26-28H,12,16-17,19-21H2,1-11H3/t27-,28?,33+,34?,35?/m0/s1. The van der Waals surface area contributed by atoms with E-state index in [1.807, 2.05) is 74.5 Å². The van der Waals surface area contributed by atoms with E-state index in [1.54, 1.807) is 13.8 Å². The van der Waals surface area contributed by atoms with E-state index in [4.69, 9.17) is 0 Å². The van der Waals surface area contributed by atoms with Gasteiger partial charge >= 0.3 is 0 Å². The second kappa shape index (κ2) is 12.4. The van der Waals surface area contributed by atoms with Gasteiger partial charge in [-0.15, -0.1) is 0 Å². The second-order valence-electron chi connectivity index (χ2n) is 13.6. The topological polar surface area (TPSA) is 68.3 Å². The molecule has 2 bridgehead atoms. The molecule has 0 amide bonds. The van der Waals surface area contributed by atoms with Crippen molar-refractivity contribution >= 4 is 23.1 Å². The number of fused-ring (bicyclic) bond motifs is 2. The Hall–Kier alpha value is -2.36. The van der Waals surface area contributed by atoms with Gasteiger partial charge in [-0.2, -0.15) is 0 Å². The van der Waals surface area contributed by atoms with Gasteiger partial charge in [-0.25, -0.2) is 0 Å². The van der Waals surface area contributed by atoms with Gasteiger partial charge in [0.15, 0.2) is 28.5 Å². The van der Waals surface area contributed by atoms with Crippen LogP contribution >= 0.6 is 0 Å². The van der Waals surface area contributed by atoms with Crippen molar-refractivity contribution in [2.45, 2.75) is 115 Å². The third kappa shape index (κ3) is 5.91. The summed E-state index contributed by atoms with van der Waals surface area (Å²) in [7, 11) is 0. The zero-order valence-electron chi connectivity index (χ0n) is 26.4. The molecule has 0 saturated heterocycles. The fourth-order valence-electron chi connectivity index (χ4n) is 6.93. The minimum Gasteiger partial charge on any atom is -0.298 e. The van der Waals surface area contributed by atoms with E-state index in [1.165, 1.54) is 0 Å². The van der Waals surface area contributed by atoms with Gasteiger partial charge in [0.2, 0.25) is 0 Å². The first-order chi connectivity index (χ1) is 18.0. The average molecular weight is 537 g/mol. The lowest BCUT2D eigenvalue weighted by molar-refractivity contribution is -0.190. The molecule has 216 valence electrons. The van der Waals surface area contributed by atoms with Crippen molar-refractivity contribution in [2.24, 2.45) is 34.0 Å². The number of hydrogen-bond acceptors (Lipinski definition) is 4. The largest absolute Gasteiger partial charge is 0.298 e. The summed E-state index contributed by atoms with van der Waals surface area (Å²) in [6.45, 7) is 21.5. The molecule has 4 heteroatoms. The van der Waals surface area contributed by atoms with Crippen LogP contribution in [-0.2, 0) is 19.2 Å². The lowest BCUT2D eigenvalue weighted by Crippen LogP contribution is -2.75. The normalized spacial score (nSPS) is 30.1. The van der Waals surface area contributed by atoms with Gasteiger partial charge in [-0.1, -0.05) is 67.4 Å². The minimum absolute atomic E-state index is 0.166. The maximum Gasteiger partial charge on any atom is 0.168 e. The molecule has 0 radical (unpaired) electrons. The minimum atomic E-state index is -1.83. The summed E-state index contributed by atoms with van der Waals surface area (Å²) >= 11 is 0. The van der Waals surface area contributed by atoms with Gasteiger partial charge in [0.1, 0.15) is 0 Å². The van der Waals surface area contributed by atoms with Crippen LogP contribution in [0.1, 0.15) is 115 Å². The van der Waals surface area contributed by atoms with E-state index in [2.05, 4.69) is 12.2 Å². The quantitative estimate of drug-likeness (QED) is 0.196. The van der Waals surface area contributed by atoms with Crippen molar-refractivity contribution in [1.82, 2.24) is 0 Å². The van der Waals surface area contributed by atoms with Crippen LogP contribution in [0.15, 0.2) is 46.6 Å². The predicted molar refractivity (Wildman–Crippen MR) is 160 cm³/mol. The summed E-state index contributed by atoms with van der Waals surface area (Å²) < 4.78 is 0. The molecule has 2 saturated carbocycles. The molecule has 2 aliphatic rings. The molecule has 2 fully saturated rings. The first kappa shape index (κ1) is 32.8. The molecule has 0 aromatic rings. The highest BCUT2D eigenvalue weighted by Gasteiger charge is 2.77. The first-order valence-corrected chi connectivity index (χ1v) is 14.7. The van der Waals surface area contributed by atoms with Crippen LogP contribution in [0.3, 0.4) is 0 Å². The monoisotopic (exact) mass is 536 g/mol. The molecular weight excluding hydrogens is 484 g/mol. The number of hydrogen-bond donors (Lipinski definition) is 0. The summed E-state index contributed by atoms with van der Waals surface area (Å²) in [4.78, 5) is 58.7. The Kier molecular flexibility index (Phi) is 10.5. The van der Waals surface area contributed by atoms with Crippen LogP contribution in [0.4, 0.5) is 0 Å². The third-order valence-corrected chi connectivity index (χ3v) is 9.14. The third-order valence-electron chi connectivity index (χ3n) is 9.14. The molecule has 2 rings (SSSR count). The lowest BCUT2D eigenvalue weighted by Gasteiger charge is -2.62.